The molecule has 0 aliphatic heterocycles. The summed E-state index contributed by atoms with van der Waals surface area (Å²) < 4.78 is 5.50. The van der Waals surface area contributed by atoms with Crippen LogP contribution in [0.15, 0.2) is 18.2 Å². The maximum absolute atomic E-state index is 11.5. The zero-order chi connectivity index (χ0) is 13.5. The molecular weight excluding hydrogens is 254 g/mol. The molecule has 96 valence electrons. The number of carbonyl (C=O) groups is 1. The minimum Gasteiger partial charge on any atom is -0.481 e. The number of carbonyl (C=O) groups excluding carboxylic acids is 1. The fraction of sp³-hybridized carbons (Fsp3) is 0.333. The number of ether oxygens (including phenoxy) is 1. The predicted molar refractivity (Wildman–Crippen MR) is 67.8 cm³/mol. The Balaban J connectivity index is 2.84. The summed E-state index contributed by atoms with van der Waals surface area (Å²) in [6.45, 7) is 1.94. The van der Waals surface area contributed by atoms with Crippen LogP contribution in [0.4, 0.5) is 0 Å². The van der Waals surface area contributed by atoms with E-state index in [1.165, 1.54) is 6.07 Å². The summed E-state index contributed by atoms with van der Waals surface area (Å²) in [4.78, 5) is 11.5. The third-order valence-electron chi connectivity index (χ3n) is 2.32. The van der Waals surface area contributed by atoms with E-state index in [1.54, 1.807) is 12.1 Å². The van der Waals surface area contributed by atoms with Crippen LogP contribution in [0.1, 0.15) is 25.3 Å². The van der Waals surface area contributed by atoms with Crippen molar-refractivity contribution < 1.29 is 9.53 Å². The molecule has 0 bridgehead atoms. The zero-order valence-electron chi connectivity index (χ0n) is 9.94. The molecule has 18 heavy (non-hydrogen) atoms. The van der Waals surface area contributed by atoms with Crippen LogP contribution in [-0.2, 0) is 4.79 Å². The van der Waals surface area contributed by atoms with Gasteiger partial charge in [0, 0.05) is 6.07 Å². The Morgan fingerprint density at radius 2 is 2.39 bits per heavy atom. The van der Waals surface area contributed by atoms with E-state index in [-0.39, 0.29) is 0 Å². The van der Waals surface area contributed by atoms with E-state index in [1.807, 2.05) is 13.0 Å². The Hall–Kier alpha value is -1.77. The van der Waals surface area contributed by atoms with Crippen LogP contribution in [-0.4, -0.2) is 12.0 Å². The van der Waals surface area contributed by atoms with Crippen LogP contribution in [0.3, 0.4) is 0 Å². The molecule has 5 nitrogen and oxygen atoms in total. The van der Waals surface area contributed by atoms with E-state index in [2.05, 4.69) is 5.43 Å². The molecule has 6 heteroatoms. The molecule has 3 N–H and O–H groups in total. The molecule has 1 amide bonds. The van der Waals surface area contributed by atoms with Gasteiger partial charge in [0.05, 0.1) is 10.6 Å². The molecule has 0 aliphatic carbocycles. The molecule has 1 aromatic carbocycles. The van der Waals surface area contributed by atoms with Crippen LogP contribution < -0.4 is 16.0 Å². The molecule has 1 aromatic rings. The average molecular weight is 268 g/mol. The van der Waals surface area contributed by atoms with Crippen LogP contribution in [0, 0.1) is 11.3 Å². The molecule has 1 rings (SSSR count). The van der Waals surface area contributed by atoms with E-state index < -0.39 is 12.0 Å². The lowest BCUT2D eigenvalue weighted by atomic mass is 10.2. The minimum absolute atomic E-state index is 0.290. The first-order valence-electron chi connectivity index (χ1n) is 5.49. The van der Waals surface area contributed by atoms with Crippen molar-refractivity contribution in [3.8, 4) is 11.8 Å². The molecule has 0 aromatic heterocycles. The number of hydrogen-bond acceptors (Lipinski definition) is 4. The fourth-order valence-electron chi connectivity index (χ4n) is 1.42. The largest absolute Gasteiger partial charge is 0.481 e. The number of nitrogens with zero attached hydrogens (tertiary/aromatic N) is 1. The highest BCUT2D eigenvalue weighted by Gasteiger charge is 2.18. The van der Waals surface area contributed by atoms with Crippen LogP contribution in [0.25, 0.3) is 0 Å². The average Bonchev–Trinajstić information content (AvgIpc) is 2.37. The Morgan fingerprint density at radius 1 is 1.67 bits per heavy atom. The number of nitriles is 1. The first kappa shape index (κ1) is 14.3. The normalized spacial score (nSPS) is 11.4. The number of rotatable bonds is 5. The Morgan fingerprint density at radius 3 is 2.89 bits per heavy atom. The summed E-state index contributed by atoms with van der Waals surface area (Å²) in [7, 11) is 0. The van der Waals surface area contributed by atoms with Gasteiger partial charge in [0.2, 0.25) is 0 Å². The molecule has 1 unspecified atom stereocenters. The van der Waals surface area contributed by atoms with Gasteiger partial charge in [-0.05, 0) is 18.6 Å². The molecule has 0 saturated heterocycles. The van der Waals surface area contributed by atoms with Gasteiger partial charge in [0.1, 0.15) is 11.8 Å². The number of amides is 1. The number of nitrogens with two attached hydrogens (primary N) is 1. The van der Waals surface area contributed by atoms with Gasteiger partial charge in [-0.2, -0.15) is 5.26 Å². The van der Waals surface area contributed by atoms with Crippen molar-refractivity contribution in [3.05, 3.63) is 28.8 Å². The van der Waals surface area contributed by atoms with Crippen molar-refractivity contribution in [1.82, 2.24) is 5.43 Å². The second-order valence-electron chi connectivity index (χ2n) is 3.66. The van der Waals surface area contributed by atoms with Crippen LogP contribution in [0.2, 0.25) is 5.02 Å². The Kier molecular flexibility index (Phi) is 5.43. The van der Waals surface area contributed by atoms with Crippen molar-refractivity contribution in [3.63, 3.8) is 0 Å². The van der Waals surface area contributed by atoms with Gasteiger partial charge in [-0.25, -0.2) is 5.84 Å². The number of hydrogen-bond donors (Lipinski definition) is 2. The molecule has 1 atom stereocenters. The van der Waals surface area contributed by atoms with E-state index in [0.29, 0.717) is 22.8 Å². The Bertz CT molecular complexity index is 471. The lowest BCUT2D eigenvalue weighted by Gasteiger charge is -2.17. The summed E-state index contributed by atoms with van der Waals surface area (Å²) in [6.07, 6.45) is 0.659. The highest BCUT2D eigenvalue weighted by molar-refractivity contribution is 6.31. The van der Waals surface area contributed by atoms with Gasteiger partial charge in [-0.15, -0.1) is 0 Å². The van der Waals surface area contributed by atoms with Crippen molar-refractivity contribution in [2.45, 2.75) is 25.9 Å². The maximum atomic E-state index is 11.5. The molecule has 0 radical (unpaired) electrons. The first-order chi connectivity index (χ1) is 8.62. The monoisotopic (exact) mass is 267 g/mol. The van der Waals surface area contributed by atoms with E-state index in [9.17, 15) is 4.79 Å². The topological polar surface area (TPSA) is 88.1 Å². The summed E-state index contributed by atoms with van der Waals surface area (Å²) in [6, 6.07) is 6.59. The highest BCUT2D eigenvalue weighted by Crippen LogP contribution is 2.23. The van der Waals surface area contributed by atoms with Crippen molar-refractivity contribution in [2.75, 3.05) is 0 Å². The lowest BCUT2D eigenvalue weighted by Crippen LogP contribution is -2.42. The summed E-state index contributed by atoms with van der Waals surface area (Å²) in [5, 5.41) is 9.04. The lowest BCUT2D eigenvalue weighted by molar-refractivity contribution is -0.128. The molecule has 0 fully saturated rings. The summed E-state index contributed by atoms with van der Waals surface area (Å²) >= 11 is 5.88. The summed E-state index contributed by atoms with van der Waals surface area (Å²) in [5.41, 5.74) is 2.42. The van der Waals surface area contributed by atoms with Crippen LogP contribution >= 0.6 is 11.6 Å². The van der Waals surface area contributed by atoms with Gasteiger partial charge in [-0.1, -0.05) is 24.9 Å². The highest BCUT2D eigenvalue weighted by atomic mass is 35.5. The van der Waals surface area contributed by atoms with Gasteiger partial charge < -0.3 is 4.74 Å². The quantitative estimate of drug-likeness (QED) is 0.483. The van der Waals surface area contributed by atoms with Gasteiger partial charge in [0.15, 0.2) is 6.10 Å². The molecule has 0 spiro atoms. The third kappa shape index (κ3) is 3.62. The van der Waals surface area contributed by atoms with Crippen molar-refractivity contribution >= 4 is 17.5 Å². The fourth-order valence-corrected chi connectivity index (χ4v) is 1.64. The van der Waals surface area contributed by atoms with Gasteiger partial charge >= 0.3 is 0 Å². The van der Waals surface area contributed by atoms with Gasteiger partial charge in [-0.3, -0.25) is 10.2 Å². The summed E-state index contributed by atoms with van der Waals surface area (Å²) in [5.74, 6) is 5.12. The molecule has 0 aliphatic rings. The van der Waals surface area contributed by atoms with Crippen molar-refractivity contribution in [2.24, 2.45) is 5.84 Å². The number of halogens is 1. The van der Waals surface area contributed by atoms with Crippen molar-refractivity contribution in [1.29, 1.82) is 5.26 Å². The molecular formula is C12H14ClN3O2. The third-order valence-corrected chi connectivity index (χ3v) is 2.64. The maximum Gasteiger partial charge on any atom is 0.274 e. The SMILES string of the molecule is CCCC(Oc1ccc(C#N)c(Cl)c1)C(=O)NN. The minimum atomic E-state index is -0.663. The van der Waals surface area contributed by atoms with E-state index >= 15 is 0 Å². The standard InChI is InChI=1S/C12H14ClN3O2/c1-2-3-11(12(17)16-15)18-9-5-4-8(7-14)10(13)6-9/h4-6,11H,2-3,15H2,1H3,(H,16,17). The van der Waals surface area contributed by atoms with E-state index in [0.717, 1.165) is 6.42 Å². The number of benzene rings is 1. The second-order valence-corrected chi connectivity index (χ2v) is 4.06. The van der Waals surface area contributed by atoms with Crippen LogP contribution in [0.5, 0.6) is 5.75 Å². The number of hydrazine groups is 1. The molecule has 0 heterocycles. The first-order valence-corrected chi connectivity index (χ1v) is 5.87. The second kappa shape index (κ2) is 6.84. The zero-order valence-corrected chi connectivity index (χ0v) is 10.7. The number of nitrogens with one attached hydrogen (secondary N) is 1. The smallest absolute Gasteiger partial charge is 0.274 e. The Labute approximate surface area is 110 Å². The van der Waals surface area contributed by atoms with Gasteiger partial charge in [0.25, 0.3) is 5.91 Å². The predicted octanol–water partition coefficient (Wildman–Crippen LogP) is 1.75. The molecule has 0 saturated carbocycles. The van der Waals surface area contributed by atoms with E-state index in [4.69, 9.17) is 27.4 Å².